The average Bonchev–Trinajstić information content (AvgIpc) is 1.98. The molecule has 0 aliphatic heterocycles. The average molecular weight is 187 g/mol. The number of hydrogen-bond acceptors (Lipinski definition) is 2. The molecule has 3 nitrogen and oxygen atoms in total. The Kier molecular flexibility index (Phi) is 6.59. The summed E-state index contributed by atoms with van der Waals surface area (Å²) in [4.78, 5) is 9.92. The van der Waals surface area contributed by atoms with Crippen molar-refractivity contribution in [3.63, 3.8) is 0 Å². The molecule has 2 N–H and O–H groups in total. The number of carbonyl (C=O) groups excluding carboxylic acids is 1. The molecule has 13 heavy (non-hydrogen) atoms. The van der Waals surface area contributed by atoms with E-state index >= 15 is 0 Å². The van der Waals surface area contributed by atoms with Gasteiger partial charge in [0.15, 0.2) is 0 Å². The highest BCUT2D eigenvalue weighted by molar-refractivity contribution is 5.75. The Morgan fingerprint density at radius 2 is 2.00 bits per heavy atom. The lowest BCUT2D eigenvalue weighted by atomic mass is 9.96. The number of hydrogen-bond donors (Lipinski definition) is 1. The number of primary amides is 1. The van der Waals surface area contributed by atoms with E-state index in [0.717, 1.165) is 6.61 Å². The van der Waals surface area contributed by atoms with E-state index in [9.17, 15) is 4.79 Å². The van der Waals surface area contributed by atoms with Crippen molar-refractivity contribution in [2.24, 2.45) is 11.7 Å². The van der Waals surface area contributed by atoms with Gasteiger partial charge in [0.2, 0.25) is 5.91 Å². The zero-order valence-corrected chi connectivity index (χ0v) is 8.88. The van der Waals surface area contributed by atoms with Gasteiger partial charge in [0.05, 0.1) is 6.10 Å². The molecule has 1 aliphatic carbocycles. The molecule has 0 spiro atoms. The highest BCUT2D eigenvalue weighted by Gasteiger charge is 2.15. The molecule has 1 aliphatic rings. The molecular formula is C10H21NO2. The molecule has 0 aromatic carbocycles. The third-order valence-electron chi connectivity index (χ3n) is 2.02. The summed E-state index contributed by atoms with van der Waals surface area (Å²) >= 11 is 0. The second-order valence-corrected chi connectivity index (χ2v) is 3.57. The van der Waals surface area contributed by atoms with Crippen molar-refractivity contribution < 1.29 is 9.53 Å². The maximum absolute atomic E-state index is 9.92. The van der Waals surface area contributed by atoms with E-state index < -0.39 is 0 Å². The lowest BCUT2D eigenvalue weighted by molar-refractivity contribution is -0.120. The maximum Gasteiger partial charge on any atom is 0.219 e. The Balaban J connectivity index is 0.000000226. The van der Waals surface area contributed by atoms with Gasteiger partial charge < -0.3 is 10.5 Å². The first-order valence-electron chi connectivity index (χ1n) is 4.98. The van der Waals surface area contributed by atoms with E-state index in [1.54, 1.807) is 13.8 Å². The lowest BCUT2D eigenvalue weighted by Gasteiger charge is -2.24. The van der Waals surface area contributed by atoms with Crippen LogP contribution in [0.2, 0.25) is 0 Å². The van der Waals surface area contributed by atoms with Gasteiger partial charge >= 0.3 is 0 Å². The molecule has 0 aromatic heterocycles. The van der Waals surface area contributed by atoms with Crippen molar-refractivity contribution in [1.82, 2.24) is 0 Å². The molecule has 0 heterocycles. The van der Waals surface area contributed by atoms with Crippen LogP contribution in [0.15, 0.2) is 0 Å². The maximum atomic E-state index is 9.92. The number of ether oxygens (including phenoxy) is 1. The molecular weight excluding hydrogens is 166 g/mol. The summed E-state index contributed by atoms with van der Waals surface area (Å²) < 4.78 is 5.28. The van der Waals surface area contributed by atoms with Gasteiger partial charge in [-0.15, -0.1) is 0 Å². The molecule has 1 fully saturated rings. The van der Waals surface area contributed by atoms with Crippen molar-refractivity contribution in [2.75, 3.05) is 6.61 Å². The van der Waals surface area contributed by atoms with Crippen LogP contribution >= 0.6 is 0 Å². The van der Waals surface area contributed by atoms with E-state index in [4.69, 9.17) is 10.5 Å². The quantitative estimate of drug-likeness (QED) is 0.731. The second kappa shape index (κ2) is 6.89. The van der Waals surface area contributed by atoms with Gasteiger partial charge in [0.1, 0.15) is 0 Å². The summed E-state index contributed by atoms with van der Waals surface area (Å²) in [5.74, 6) is -0.250. The van der Waals surface area contributed by atoms with Crippen LogP contribution in [0.4, 0.5) is 0 Å². The van der Waals surface area contributed by atoms with E-state index in [0.29, 0.717) is 6.10 Å². The van der Waals surface area contributed by atoms with E-state index in [-0.39, 0.29) is 11.8 Å². The van der Waals surface area contributed by atoms with Crippen LogP contribution in [0.25, 0.3) is 0 Å². The van der Waals surface area contributed by atoms with Gasteiger partial charge in [-0.1, -0.05) is 13.8 Å². The molecule has 0 bridgehead atoms. The van der Waals surface area contributed by atoms with Crippen LogP contribution in [-0.4, -0.2) is 18.6 Å². The van der Waals surface area contributed by atoms with Gasteiger partial charge in [-0.05, 0) is 26.2 Å². The Morgan fingerprint density at radius 3 is 2.08 bits per heavy atom. The molecule has 1 rings (SSSR count). The number of amides is 1. The molecule has 78 valence electrons. The van der Waals surface area contributed by atoms with Crippen LogP contribution in [0, 0.1) is 5.92 Å². The van der Waals surface area contributed by atoms with Crippen molar-refractivity contribution in [2.45, 2.75) is 46.1 Å². The van der Waals surface area contributed by atoms with Crippen LogP contribution < -0.4 is 5.73 Å². The van der Waals surface area contributed by atoms with Crippen LogP contribution in [0.3, 0.4) is 0 Å². The normalized spacial score (nSPS) is 16.0. The molecule has 0 radical (unpaired) electrons. The van der Waals surface area contributed by atoms with Gasteiger partial charge in [-0.2, -0.15) is 0 Å². The molecule has 0 aromatic rings. The number of carbonyl (C=O) groups is 1. The first-order chi connectivity index (χ1) is 6.07. The fraction of sp³-hybridized carbons (Fsp3) is 0.900. The number of rotatable bonds is 3. The smallest absolute Gasteiger partial charge is 0.219 e. The monoisotopic (exact) mass is 187 g/mol. The molecule has 1 amide bonds. The first kappa shape index (κ1) is 12.4. The Bertz CT molecular complexity index is 142. The topological polar surface area (TPSA) is 52.3 Å². The van der Waals surface area contributed by atoms with E-state index in [1.807, 2.05) is 0 Å². The highest BCUT2D eigenvalue weighted by Crippen LogP contribution is 2.21. The summed E-state index contributed by atoms with van der Waals surface area (Å²) in [5, 5.41) is 0. The minimum atomic E-state index is -0.241. The Hall–Kier alpha value is -0.570. The van der Waals surface area contributed by atoms with E-state index in [1.165, 1.54) is 19.3 Å². The van der Waals surface area contributed by atoms with Gasteiger partial charge in [-0.25, -0.2) is 0 Å². The molecule has 0 atom stereocenters. The minimum Gasteiger partial charge on any atom is -0.379 e. The van der Waals surface area contributed by atoms with Gasteiger partial charge in [-0.3, -0.25) is 4.79 Å². The largest absolute Gasteiger partial charge is 0.379 e. The predicted molar refractivity (Wildman–Crippen MR) is 53.3 cm³/mol. The molecule has 0 unspecified atom stereocenters. The van der Waals surface area contributed by atoms with Crippen molar-refractivity contribution in [3.05, 3.63) is 0 Å². The van der Waals surface area contributed by atoms with Crippen LogP contribution in [-0.2, 0) is 9.53 Å². The van der Waals surface area contributed by atoms with Gasteiger partial charge in [0.25, 0.3) is 0 Å². The second-order valence-electron chi connectivity index (χ2n) is 3.57. The zero-order valence-electron chi connectivity index (χ0n) is 8.88. The summed E-state index contributed by atoms with van der Waals surface area (Å²) in [7, 11) is 0. The third-order valence-corrected chi connectivity index (χ3v) is 2.02. The minimum absolute atomic E-state index is 0.00926. The Morgan fingerprint density at radius 1 is 1.54 bits per heavy atom. The lowest BCUT2D eigenvalue weighted by Crippen LogP contribution is -2.20. The zero-order chi connectivity index (χ0) is 10.3. The molecule has 1 saturated carbocycles. The summed E-state index contributed by atoms with van der Waals surface area (Å²) in [5.41, 5.74) is 4.80. The molecule has 0 saturated heterocycles. The van der Waals surface area contributed by atoms with Crippen molar-refractivity contribution in [3.8, 4) is 0 Å². The fourth-order valence-corrected chi connectivity index (χ4v) is 0.773. The third kappa shape index (κ3) is 6.58. The van der Waals surface area contributed by atoms with Crippen LogP contribution in [0.1, 0.15) is 40.0 Å². The molecule has 3 heteroatoms. The van der Waals surface area contributed by atoms with Crippen molar-refractivity contribution in [1.29, 1.82) is 0 Å². The summed E-state index contributed by atoms with van der Waals surface area (Å²) in [6.45, 7) is 6.48. The predicted octanol–water partition coefficient (Wildman–Crippen LogP) is 1.70. The fourth-order valence-electron chi connectivity index (χ4n) is 0.773. The van der Waals surface area contributed by atoms with E-state index in [2.05, 4.69) is 6.92 Å². The van der Waals surface area contributed by atoms with Gasteiger partial charge in [0, 0.05) is 12.5 Å². The highest BCUT2D eigenvalue weighted by atomic mass is 16.5. The summed E-state index contributed by atoms with van der Waals surface area (Å²) in [6, 6.07) is 0. The van der Waals surface area contributed by atoms with Crippen molar-refractivity contribution >= 4 is 5.91 Å². The first-order valence-corrected chi connectivity index (χ1v) is 4.98. The number of nitrogens with two attached hydrogens (primary N) is 1. The standard InChI is InChI=1S/C6H12O.C4H9NO/c1-2-7-6-4-3-5-6;1-3(2)4(5)6/h6H,2-5H2,1H3;3H,1-2H3,(H2,5,6). The SMILES string of the molecule is CC(C)C(N)=O.CCOC1CCC1. The Labute approximate surface area is 80.6 Å². The summed E-state index contributed by atoms with van der Waals surface area (Å²) in [6.07, 6.45) is 4.61. The van der Waals surface area contributed by atoms with Crippen LogP contribution in [0.5, 0.6) is 0 Å².